The SMILES string of the molecule is NC(=O)C1C=CC(CCN2CCO[C@H]2c2ccc(C(=O)c3cccnc3)cc2)=CC1. The topological polar surface area (TPSA) is 85.5 Å². The number of hydrogen-bond donors (Lipinski definition) is 1. The van der Waals surface area contributed by atoms with E-state index in [0.717, 1.165) is 25.1 Å². The number of nitrogens with zero attached hydrogens (tertiary/aromatic N) is 2. The average molecular weight is 403 g/mol. The number of allylic oxidation sites excluding steroid dienone is 2. The summed E-state index contributed by atoms with van der Waals surface area (Å²) in [5, 5.41) is 0. The molecule has 2 aliphatic rings. The van der Waals surface area contributed by atoms with Gasteiger partial charge in [0.2, 0.25) is 5.91 Å². The van der Waals surface area contributed by atoms with E-state index in [4.69, 9.17) is 10.5 Å². The van der Waals surface area contributed by atoms with Gasteiger partial charge in [0.25, 0.3) is 0 Å². The van der Waals surface area contributed by atoms with E-state index in [1.54, 1.807) is 24.5 Å². The summed E-state index contributed by atoms with van der Waals surface area (Å²) >= 11 is 0. The second-order valence-corrected chi connectivity index (χ2v) is 7.58. The molecule has 4 rings (SSSR count). The molecule has 0 radical (unpaired) electrons. The van der Waals surface area contributed by atoms with Crippen molar-refractivity contribution in [2.45, 2.75) is 19.1 Å². The van der Waals surface area contributed by atoms with E-state index in [1.165, 1.54) is 5.57 Å². The largest absolute Gasteiger partial charge is 0.369 e. The second kappa shape index (κ2) is 9.15. The Morgan fingerprint density at radius 1 is 1.17 bits per heavy atom. The molecule has 1 aromatic heterocycles. The predicted octanol–water partition coefficient (Wildman–Crippen LogP) is 3.02. The van der Waals surface area contributed by atoms with E-state index in [2.05, 4.69) is 16.0 Å². The number of nitrogens with two attached hydrogens (primary N) is 1. The Morgan fingerprint density at radius 2 is 2.00 bits per heavy atom. The Labute approximate surface area is 176 Å². The summed E-state index contributed by atoms with van der Waals surface area (Å²) < 4.78 is 5.96. The molecular weight excluding hydrogens is 378 g/mol. The Balaban J connectivity index is 1.37. The van der Waals surface area contributed by atoms with Crippen LogP contribution in [0.4, 0.5) is 0 Å². The van der Waals surface area contributed by atoms with Gasteiger partial charge in [0.15, 0.2) is 5.78 Å². The van der Waals surface area contributed by atoms with Crippen molar-refractivity contribution in [1.82, 2.24) is 9.88 Å². The highest BCUT2D eigenvalue weighted by molar-refractivity contribution is 6.08. The van der Waals surface area contributed by atoms with E-state index in [9.17, 15) is 9.59 Å². The Morgan fingerprint density at radius 3 is 2.67 bits per heavy atom. The highest BCUT2D eigenvalue weighted by atomic mass is 16.5. The molecule has 1 unspecified atom stereocenters. The molecule has 154 valence electrons. The molecule has 1 aromatic carbocycles. The van der Waals surface area contributed by atoms with Crippen LogP contribution in [0, 0.1) is 5.92 Å². The van der Waals surface area contributed by atoms with Gasteiger partial charge in [-0.2, -0.15) is 0 Å². The Hall–Kier alpha value is -3.09. The minimum atomic E-state index is -0.278. The standard InChI is InChI=1S/C24H25N3O3/c25-23(29)19-5-3-17(4-6-19)11-13-27-14-15-30-24(27)20-9-7-18(8-10-20)22(28)21-2-1-12-26-16-21/h1-5,7-10,12,16,19,24H,6,11,13-15H2,(H2,25,29)/t19?,24-/m0/s1. The molecule has 6 heteroatoms. The molecule has 6 nitrogen and oxygen atoms in total. The quantitative estimate of drug-likeness (QED) is 0.719. The van der Waals surface area contributed by atoms with Crippen LogP contribution in [-0.2, 0) is 9.53 Å². The number of carbonyl (C=O) groups is 2. The summed E-state index contributed by atoms with van der Waals surface area (Å²) in [6.45, 7) is 2.40. The molecule has 1 amide bonds. The number of aromatic nitrogens is 1. The van der Waals surface area contributed by atoms with Crippen molar-refractivity contribution in [2.75, 3.05) is 19.7 Å². The van der Waals surface area contributed by atoms with Crippen molar-refractivity contribution in [1.29, 1.82) is 0 Å². The number of amides is 1. The first kappa shape index (κ1) is 20.2. The van der Waals surface area contributed by atoms with Gasteiger partial charge >= 0.3 is 0 Å². The highest BCUT2D eigenvalue weighted by Crippen LogP contribution is 2.28. The molecule has 1 aliphatic carbocycles. The molecule has 2 aromatic rings. The normalized spacial score (nSPS) is 21.4. The van der Waals surface area contributed by atoms with Crippen molar-refractivity contribution in [2.24, 2.45) is 11.7 Å². The van der Waals surface area contributed by atoms with Crippen LogP contribution in [0.1, 0.15) is 40.6 Å². The summed E-state index contributed by atoms with van der Waals surface area (Å²) in [6, 6.07) is 11.2. The molecule has 0 bridgehead atoms. The minimum Gasteiger partial charge on any atom is -0.369 e. The van der Waals surface area contributed by atoms with E-state index < -0.39 is 0 Å². The monoisotopic (exact) mass is 403 g/mol. The number of primary amides is 1. The fourth-order valence-corrected chi connectivity index (χ4v) is 3.84. The van der Waals surface area contributed by atoms with Crippen molar-refractivity contribution >= 4 is 11.7 Å². The molecule has 2 atom stereocenters. The Kier molecular flexibility index (Phi) is 6.16. The van der Waals surface area contributed by atoms with Gasteiger partial charge < -0.3 is 10.5 Å². The van der Waals surface area contributed by atoms with Gasteiger partial charge in [0.05, 0.1) is 12.5 Å². The zero-order valence-electron chi connectivity index (χ0n) is 16.7. The van der Waals surface area contributed by atoms with Gasteiger partial charge in [-0.15, -0.1) is 0 Å². The lowest BCUT2D eigenvalue weighted by Gasteiger charge is -2.24. The van der Waals surface area contributed by atoms with E-state index in [-0.39, 0.29) is 23.8 Å². The molecular formula is C24H25N3O3. The number of carbonyl (C=O) groups excluding carboxylic acids is 2. The van der Waals surface area contributed by atoms with E-state index in [1.807, 2.05) is 36.4 Å². The molecule has 1 aliphatic heterocycles. The first-order chi connectivity index (χ1) is 14.6. The fourth-order valence-electron chi connectivity index (χ4n) is 3.84. The van der Waals surface area contributed by atoms with Gasteiger partial charge in [0, 0.05) is 36.6 Å². The molecule has 1 fully saturated rings. The van der Waals surface area contributed by atoms with Crippen LogP contribution in [0.5, 0.6) is 0 Å². The third-order valence-corrected chi connectivity index (χ3v) is 5.60. The second-order valence-electron chi connectivity index (χ2n) is 7.58. The van der Waals surface area contributed by atoms with E-state index in [0.29, 0.717) is 24.2 Å². The smallest absolute Gasteiger partial charge is 0.224 e. The lowest BCUT2D eigenvalue weighted by Crippen LogP contribution is -2.26. The maximum Gasteiger partial charge on any atom is 0.224 e. The molecule has 1 saturated heterocycles. The number of ketones is 1. The van der Waals surface area contributed by atoms with Crippen LogP contribution < -0.4 is 5.73 Å². The van der Waals surface area contributed by atoms with Gasteiger partial charge in [-0.3, -0.25) is 19.5 Å². The average Bonchev–Trinajstić information content (AvgIpc) is 3.27. The first-order valence-electron chi connectivity index (χ1n) is 10.2. The molecule has 0 saturated carbocycles. The van der Waals surface area contributed by atoms with Crippen molar-refractivity contribution in [3.63, 3.8) is 0 Å². The van der Waals surface area contributed by atoms with Crippen LogP contribution in [0.25, 0.3) is 0 Å². The molecule has 2 heterocycles. The van der Waals surface area contributed by atoms with Gasteiger partial charge in [-0.05, 0) is 30.5 Å². The van der Waals surface area contributed by atoms with Crippen LogP contribution in [0.15, 0.2) is 72.6 Å². The van der Waals surface area contributed by atoms with Gasteiger partial charge in [-0.25, -0.2) is 0 Å². The highest BCUT2D eigenvalue weighted by Gasteiger charge is 2.27. The Bertz CT molecular complexity index is 967. The third kappa shape index (κ3) is 4.56. The van der Waals surface area contributed by atoms with Gasteiger partial charge in [-0.1, -0.05) is 48.1 Å². The van der Waals surface area contributed by atoms with E-state index >= 15 is 0 Å². The molecule has 0 spiro atoms. The number of pyridine rings is 1. The zero-order chi connectivity index (χ0) is 20.9. The van der Waals surface area contributed by atoms with Crippen LogP contribution in [0.3, 0.4) is 0 Å². The maximum absolute atomic E-state index is 12.6. The van der Waals surface area contributed by atoms with Crippen molar-refractivity contribution in [3.05, 3.63) is 89.3 Å². The summed E-state index contributed by atoms with van der Waals surface area (Å²) in [4.78, 5) is 30.1. The molecule has 30 heavy (non-hydrogen) atoms. The predicted molar refractivity (Wildman–Crippen MR) is 114 cm³/mol. The summed E-state index contributed by atoms with van der Waals surface area (Å²) in [5.41, 5.74) is 8.84. The zero-order valence-corrected chi connectivity index (χ0v) is 16.7. The van der Waals surface area contributed by atoms with Crippen LogP contribution in [0.2, 0.25) is 0 Å². The van der Waals surface area contributed by atoms with Crippen molar-refractivity contribution < 1.29 is 14.3 Å². The van der Waals surface area contributed by atoms with Crippen LogP contribution in [-0.4, -0.2) is 41.3 Å². The summed E-state index contributed by atoms with van der Waals surface area (Å²) in [6.07, 6.45) is 10.7. The third-order valence-electron chi connectivity index (χ3n) is 5.60. The number of benzene rings is 1. The minimum absolute atomic E-state index is 0.0378. The summed E-state index contributed by atoms with van der Waals surface area (Å²) in [5.74, 6) is -0.506. The van der Waals surface area contributed by atoms with Crippen molar-refractivity contribution in [3.8, 4) is 0 Å². The number of rotatable bonds is 7. The fraction of sp³-hybridized carbons (Fsp3) is 0.292. The van der Waals surface area contributed by atoms with Crippen LogP contribution >= 0.6 is 0 Å². The number of ether oxygens (including phenoxy) is 1. The lowest BCUT2D eigenvalue weighted by atomic mass is 9.95. The lowest BCUT2D eigenvalue weighted by molar-refractivity contribution is -0.120. The summed E-state index contributed by atoms with van der Waals surface area (Å²) in [7, 11) is 0. The number of hydrogen-bond acceptors (Lipinski definition) is 5. The first-order valence-corrected chi connectivity index (χ1v) is 10.2. The maximum atomic E-state index is 12.6. The molecule has 2 N–H and O–H groups in total. The van der Waals surface area contributed by atoms with Gasteiger partial charge in [0.1, 0.15) is 6.23 Å².